The van der Waals surface area contributed by atoms with E-state index in [-0.39, 0.29) is 12.4 Å². The summed E-state index contributed by atoms with van der Waals surface area (Å²) < 4.78 is 26.0. The van der Waals surface area contributed by atoms with Crippen LogP contribution in [0.2, 0.25) is 0 Å². The summed E-state index contributed by atoms with van der Waals surface area (Å²) in [6.45, 7) is 1.21. The van der Waals surface area contributed by atoms with E-state index >= 15 is 0 Å². The number of benzene rings is 2. The van der Waals surface area contributed by atoms with Gasteiger partial charge in [-0.05, 0) is 23.8 Å². The van der Waals surface area contributed by atoms with E-state index in [9.17, 15) is 4.39 Å². The summed E-state index contributed by atoms with van der Waals surface area (Å²) in [4.78, 5) is 0. The van der Waals surface area contributed by atoms with Gasteiger partial charge in [0.05, 0.1) is 6.61 Å². The van der Waals surface area contributed by atoms with E-state index in [0.29, 0.717) is 24.5 Å². The number of hydrogen-bond acceptors (Lipinski definition) is 3. The molecule has 1 aliphatic heterocycles. The Morgan fingerprint density at radius 2 is 2.10 bits per heavy atom. The maximum absolute atomic E-state index is 13.7. The third-order valence-corrected chi connectivity index (χ3v) is 3.92. The van der Waals surface area contributed by atoms with E-state index in [1.807, 2.05) is 6.07 Å². The van der Waals surface area contributed by atoms with Crippen molar-refractivity contribution in [3.8, 4) is 11.5 Å². The Kier molecular flexibility index (Phi) is 4.12. The Labute approximate surface area is 131 Å². The van der Waals surface area contributed by atoms with E-state index in [2.05, 4.69) is 22.0 Å². The van der Waals surface area contributed by atoms with E-state index in [1.54, 1.807) is 12.1 Å². The number of fused-ring (bicyclic) bond motifs is 1. The average molecular weight is 352 g/mol. The van der Waals surface area contributed by atoms with Crippen molar-refractivity contribution >= 4 is 15.9 Å². The van der Waals surface area contributed by atoms with E-state index < -0.39 is 0 Å². The molecule has 2 N–H and O–H groups in total. The Hall–Kier alpha value is -1.59. The van der Waals surface area contributed by atoms with Gasteiger partial charge in [0, 0.05) is 34.6 Å². The first-order chi connectivity index (χ1) is 10.2. The number of ether oxygens (including phenoxy) is 2. The van der Waals surface area contributed by atoms with Crippen LogP contribution in [0.3, 0.4) is 0 Å². The van der Waals surface area contributed by atoms with Crippen LogP contribution in [-0.4, -0.2) is 6.61 Å². The molecule has 0 aliphatic carbocycles. The molecule has 1 aliphatic rings. The Bertz CT molecular complexity index is 676. The predicted octanol–water partition coefficient (Wildman–Crippen LogP) is 3.56. The van der Waals surface area contributed by atoms with Crippen molar-refractivity contribution in [2.24, 2.45) is 5.73 Å². The zero-order valence-electron chi connectivity index (χ0n) is 11.4. The first-order valence-corrected chi connectivity index (χ1v) is 7.52. The summed E-state index contributed by atoms with van der Waals surface area (Å²) in [7, 11) is 0. The third kappa shape index (κ3) is 3.04. The Morgan fingerprint density at radius 3 is 2.86 bits per heavy atom. The molecule has 0 radical (unpaired) electrons. The van der Waals surface area contributed by atoms with Crippen LogP contribution >= 0.6 is 15.9 Å². The molecular weight excluding hydrogens is 337 g/mol. The smallest absolute Gasteiger partial charge is 0.131 e. The molecule has 0 saturated carbocycles. The summed E-state index contributed by atoms with van der Waals surface area (Å²) in [5, 5.41) is 0. The lowest BCUT2D eigenvalue weighted by Gasteiger charge is -2.11. The van der Waals surface area contributed by atoms with Gasteiger partial charge in [-0.3, -0.25) is 0 Å². The fraction of sp³-hybridized carbons (Fsp3) is 0.250. The number of hydrogen-bond donors (Lipinski definition) is 1. The maximum atomic E-state index is 13.7. The van der Waals surface area contributed by atoms with Crippen LogP contribution in [0.4, 0.5) is 4.39 Å². The van der Waals surface area contributed by atoms with Gasteiger partial charge in [-0.2, -0.15) is 0 Å². The molecule has 2 aromatic carbocycles. The topological polar surface area (TPSA) is 44.5 Å². The Balaban J connectivity index is 1.78. The Morgan fingerprint density at radius 1 is 1.24 bits per heavy atom. The van der Waals surface area contributed by atoms with Crippen molar-refractivity contribution in [3.63, 3.8) is 0 Å². The molecule has 0 aromatic heterocycles. The van der Waals surface area contributed by atoms with Gasteiger partial charge in [-0.25, -0.2) is 4.39 Å². The fourth-order valence-corrected chi connectivity index (χ4v) is 2.95. The average Bonchev–Trinajstić information content (AvgIpc) is 2.93. The first kappa shape index (κ1) is 14.4. The summed E-state index contributed by atoms with van der Waals surface area (Å²) >= 11 is 3.49. The molecule has 3 rings (SSSR count). The number of rotatable bonds is 4. The lowest BCUT2D eigenvalue weighted by atomic mass is 10.1. The second-order valence-electron chi connectivity index (χ2n) is 4.90. The van der Waals surface area contributed by atoms with Gasteiger partial charge in [0.1, 0.15) is 23.9 Å². The van der Waals surface area contributed by atoms with E-state index in [1.165, 1.54) is 11.6 Å². The molecule has 21 heavy (non-hydrogen) atoms. The van der Waals surface area contributed by atoms with Gasteiger partial charge in [-0.15, -0.1) is 0 Å². The standard InChI is InChI=1S/C16H15BrFNO2/c17-13-5-10-3-4-20-16(10)12(6-13)9-21-14-2-1-11(8-19)15(18)7-14/h1-2,5-7H,3-4,8-9,19H2. The largest absolute Gasteiger partial charge is 0.493 e. The van der Waals surface area contributed by atoms with Crippen LogP contribution in [0.25, 0.3) is 0 Å². The minimum atomic E-state index is -0.342. The second-order valence-corrected chi connectivity index (χ2v) is 5.81. The molecular formula is C16H15BrFNO2. The quantitative estimate of drug-likeness (QED) is 0.915. The van der Waals surface area contributed by atoms with Crippen LogP contribution in [0.1, 0.15) is 16.7 Å². The van der Waals surface area contributed by atoms with E-state index in [0.717, 1.165) is 22.2 Å². The number of halogens is 2. The van der Waals surface area contributed by atoms with Gasteiger partial charge in [0.2, 0.25) is 0 Å². The van der Waals surface area contributed by atoms with Crippen LogP contribution in [0.15, 0.2) is 34.8 Å². The normalized spacial score (nSPS) is 12.9. The predicted molar refractivity (Wildman–Crippen MR) is 82.0 cm³/mol. The van der Waals surface area contributed by atoms with Crippen LogP contribution < -0.4 is 15.2 Å². The molecule has 3 nitrogen and oxygen atoms in total. The SMILES string of the molecule is NCc1ccc(OCc2cc(Br)cc3c2OCC3)cc1F. The van der Waals surface area contributed by atoms with Crippen molar-refractivity contribution in [1.82, 2.24) is 0 Å². The second kappa shape index (κ2) is 6.03. The van der Waals surface area contributed by atoms with Gasteiger partial charge in [-0.1, -0.05) is 22.0 Å². The summed E-state index contributed by atoms with van der Waals surface area (Å²) in [6.07, 6.45) is 0.904. The lowest BCUT2D eigenvalue weighted by Crippen LogP contribution is -2.02. The molecule has 0 bridgehead atoms. The molecule has 0 amide bonds. The molecule has 0 saturated heterocycles. The zero-order valence-corrected chi connectivity index (χ0v) is 13.0. The highest BCUT2D eigenvalue weighted by Gasteiger charge is 2.17. The number of nitrogens with two attached hydrogens (primary N) is 1. The van der Waals surface area contributed by atoms with Crippen molar-refractivity contribution < 1.29 is 13.9 Å². The van der Waals surface area contributed by atoms with Crippen LogP contribution in [0, 0.1) is 5.82 Å². The third-order valence-electron chi connectivity index (χ3n) is 3.46. The summed E-state index contributed by atoms with van der Waals surface area (Å²) in [6, 6.07) is 8.76. The monoisotopic (exact) mass is 351 g/mol. The molecule has 0 spiro atoms. The molecule has 5 heteroatoms. The van der Waals surface area contributed by atoms with Crippen molar-refractivity contribution in [2.75, 3.05) is 6.61 Å². The first-order valence-electron chi connectivity index (χ1n) is 6.73. The molecule has 0 atom stereocenters. The van der Waals surface area contributed by atoms with Gasteiger partial charge < -0.3 is 15.2 Å². The minimum Gasteiger partial charge on any atom is -0.493 e. The van der Waals surface area contributed by atoms with Crippen molar-refractivity contribution in [1.29, 1.82) is 0 Å². The van der Waals surface area contributed by atoms with Crippen LogP contribution in [0.5, 0.6) is 11.5 Å². The molecule has 0 fully saturated rings. The maximum Gasteiger partial charge on any atom is 0.131 e. The highest BCUT2D eigenvalue weighted by molar-refractivity contribution is 9.10. The zero-order chi connectivity index (χ0) is 14.8. The highest BCUT2D eigenvalue weighted by atomic mass is 79.9. The fourth-order valence-electron chi connectivity index (χ4n) is 2.40. The summed E-state index contributed by atoms with van der Waals surface area (Å²) in [5.74, 6) is 1.03. The van der Waals surface area contributed by atoms with Crippen molar-refractivity contribution in [2.45, 2.75) is 19.6 Å². The molecule has 2 aromatic rings. The highest BCUT2D eigenvalue weighted by Crippen LogP contribution is 2.33. The van der Waals surface area contributed by atoms with Gasteiger partial charge >= 0.3 is 0 Å². The van der Waals surface area contributed by atoms with Gasteiger partial charge in [0.15, 0.2) is 0 Å². The summed E-state index contributed by atoms with van der Waals surface area (Å²) in [5.41, 5.74) is 8.05. The minimum absolute atomic E-state index is 0.180. The van der Waals surface area contributed by atoms with Crippen molar-refractivity contribution in [3.05, 3.63) is 57.3 Å². The van der Waals surface area contributed by atoms with Crippen LogP contribution in [-0.2, 0) is 19.6 Å². The van der Waals surface area contributed by atoms with Gasteiger partial charge in [0.25, 0.3) is 0 Å². The lowest BCUT2D eigenvalue weighted by molar-refractivity contribution is 0.290. The molecule has 110 valence electrons. The molecule has 1 heterocycles. The van der Waals surface area contributed by atoms with E-state index in [4.69, 9.17) is 15.2 Å². The molecule has 0 unspecified atom stereocenters.